The maximum atomic E-state index is 12.2. The first-order chi connectivity index (χ1) is 8.93. The Morgan fingerprint density at radius 3 is 2.74 bits per heavy atom. The normalized spacial score (nSPS) is 12.3. The van der Waals surface area contributed by atoms with Gasteiger partial charge in [-0.3, -0.25) is 4.79 Å². The molecule has 106 valence electrons. The summed E-state index contributed by atoms with van der Waals surface area (Å²) < 4.78 is 33.4. The molecule has 1 atom stereocenters. The van der Waals surface area contributed by atoms with Crippen LogP contribution in [0.4, 0.5) is 8.78 Å². The van der Waals surface area contributed by atoms with Crippen molar-refractivity contribution in [1.82, 2.24) is 5.32 Å². The van der Waals surface area contributed by atoms with E-state index in [9.17, 15) is 13.6 Å². The van der Waals surface area contributed by atoms with E-state index in [4.69, 9.17) is 11.6 Å². The van der Waals surface area contributed by atoms with Crippen LogP contribution in [-0.4, -0.2) is 25.7 Å². The first-order valence-electron chi connectivity index (χ1n) is 5.48. The van der Waals surface area contributed by atoms with Gasteiger partial charge in [0.05, 0.1) is 7.11 Å². The van der Waals surface area contributed by atoms with Gasteiger partial charge in [0.15, 0.2) is 0 Å². The van der Waals surface area contributed by atoms with Crippen molar-refractivity contribution >= 4 is 17.6 Å². The van der Waals surface area contributed by atoms with Crippen molar-refractivity contribution in [2.75, 3.05) is 7.11 Å². The molecule has 0 radical (unpaired) electrons. The lowest BCUT2D eigenvalue weighted by Gasteiger charge is -2.14. The summed E-state index contributed by atoms with van der Waals surface area (Å²) in [6, 6.07) is 3.74. The van der Waals surface area contributed by atoms with Crippen LogP contribution in [0.25, 0.3) is 0 Å². The van der Waals surface area contributed by atoms with E-state index in [1.165, 1.54) is 25.3 Å². The Hall–Kier alpha value is -1.40. The van der Waals surface area contributed by atoms with Crippen molar-refractivity contribution < 1.29 is 23.0 Å². The van der Waals surface area contributed by atoms with Crippen LogP contribution < -0.4 is 10.1 Å². The van der Waals surface area contributed by atoms with Gasteiger partial charge in [-0.25, -0.2) is 0 Å². The minimum atomic E-state index is -2.92. The predicted octanol–water partition coefficient (Wildman–Crippen LogP) is 2.59. The van der Waals surface area contributed by atoms with E-state index in [1.54, 1.807) is 6.92 Å². The van der Waals surface area contributed by atoms with E-state index < -0.39 is 18.6 Å². The summed E-state index contributed by atoms with van der Waals surface area (Å²) in [4.78, 5) is 11.2. The van der Waals surface area contributed by atoms with Crippen LogP contribution in [-0.2, 0) is 16.1 Å². The number of benzene rings is 1. The molecular weight excluding hydrogens is 280 g/mol. The molecular formula is C12H14ClF2NO3. The number of rotatable bonds is 6. The molecule has 0 spiro atoms. The fourth-order valence-corrected chi connectivity index (χ4v) is 1.61. The van der Waals surface area contributed by atoms with Gasteiger partial charge in [0.25, 0.3) is 0 Å². The van der Waals surface area contributed by atoms with Gasteiger partial charge in [0.2, 0.25) is 0 Å². The van der Waals surface area contributed by atoms with Crippen LogP contribution in [0.1, 0.15) is 12.5 Å². The average molecular weight is 294 g/mol. The van der Waals surface area contributed by atoms with Gasteiger partial charge in [-0.2, -0.15) is 8.78 Å². The van der Waals surface area contributed by atoms with Crippen LogP contribution in [0.2, 0.25) is 5.02 Å². The third kappa shape index (κ3) is 5.00. The van der Waals surface area contributed by atoms with E-state index in [1.807, 2.05) is 0 Å². The van der Waals surface area contributed by atoms with Crippen molar-refractivity contribution in [3.05, 3.63) is 28.8 Å². The molecule has 0 aliphatic carbocycles. The Morgan fingerprint density at radius 2 is 2.16 bits per heavy atom. The highest BCUT2D eigenvalue weighted by molar-refractivity contribution is 6.30. The van der Waals surface area contributed by atoms with Crippen molar-refractivity contribution in [2.24, 2.45) is 0 Å². The lowest BCUT2D eigenvalue weighted by atomic mass is 10.2. The van der Waals surface area contributed by atoms with Gasteiger partial charge in [0, 0.05) is 17.1 Å². The highest BCUT2D eigenvalue weighted by Gasteiger charge is 2.15. The summed E-state index contributed by atoms with van der Waals surface area (Å²) in [6.45, 7) is -1.17. The second-order valence-electron chi connectivity index (χ2n) is 3.76. The van der Waals surface area contributed by atoms with Gasteiger partial charge in [0.1, 0.15) is 11.8 Å². The van der Waals surface area contributed by atoms with Crippen LogP contribution >= 0.6 is 11.6 Å². The molecule has 0 fully saturated rings. The molecule has 0 saturated carbocycles. The number of nitrogens with one attached hydrogen (secondary N) is 1. The number of ether oxygens (including phenoxy) is 2. The molecule has 0 aromatic heterocycles. The summed E-state index contributed by atoms with van der Waals surface area (Å²) in [6.07, 6.45) is 0. The van der Waals surface area contributed by atoms with E-state index in [2.05, 4.69) is 14.8 Å². The molecule has 0 aliphatic rings. The number of esters is 1. The number of hydrogen-bond donors (Lipinski definition) is 1. The highest BCUT2D eigenvalue weighted by atomic mass is 35.5. The predicted molar refractivity (Wildman–Crippen MR) is 66.4 cm³/mol. The van der Waals surface area contributed by atoms with E-state index in [-0.39, 0.29) is 12.3 Å². The molecule has 1 N–H and O–H groups in total. The lowest BCUT2D eigenvalue weighted by molar-refractivity contribution is -0.142. The summed E-state index contributed by atoms with van der Waals surface area (Å²) >= 11 is 5.80. The molecule has 4 nitrogen and oxygen atoms in total. The molecule has 7 heteroatoms. The summed E-state index contributed by atoms with van der Waals surface area (Å²) in [5.41, 5.74) is 0.434. The number of halogens is 3. The van der Waals surface area contributed by atoms with Crippen molar-refractivity contribution in [3.8, 4) is 5.75 Å². The van der Waals surface area contributed by atoms with Crippen molar-refractivity contribution in [1.29, 1.82) is 0 Å². The lowest BCUT2D eigenvalue weighted by Crippen LogP contribution is -2.34. The third-order valence-corrected chi connectivity index (χ3v) is 2.63. The highest BCUT2D eigenvalue weighted by Crippen LogP contribution is 2.24. The second-order valence-corrected chi connectivity index (χ2v) is 4.19. The fraction of sp³-hybridized carbons (Fsp3) is 0.417. The number of alkyl halides is 2. The average Bonchev–Trinajstić information content (AvgIpc) is 2.37. The molecule has 0 heterocycles. The van der Waals surface area contributed by atoms with Gasteiger partial charge in [-0.05, 0) is 25.1 Å². The molecule has 0 bridgehead atoms. The Morgan fingerprint density at radius 1 is 1.47 bits per heavy atom. The first-order valence-corrected chi connectivity index (χ1v) is 5.86. The van der Waals surface area contributed by atoms with E-state index in [0.29, 0.717) is 10.6 Å². The van der Waals surface area contributed by atoms with E-state index in [0.717, 1.165) is 0 Å². The maximum absolute atomic E-state index is 12.2. The monoisotopic (exact) mass is 293 g/mol. The smallest absolute Gasteiger partial charge is 0.387 e. The van der Waals surface area contributed by atoms with Crippen LogP contribution in [0.15, 0.2) is 18.2 Å². The van der Waals surface area contributed by atoms with Gasteiger partial charge < -0.3 is 14.8 Å². The number of methoxy groups -OCH3 is 1. The van der Waals surface area contributed by atoms with Crippen LogP contribution in [0.5, 0.6) is 5.75 Å². The first kappa shape index (κ1) is 15.7. The Kier molecular flexibility index (Phi) is 5.98. The third-order valence-electron chi connectivity index (χ3n) is 2.39. The van der Waals surface area contributed by atoms with Gasteiger partial charge in [-0.1, -0.05) is 11.6 Å². The van der Waals surface area contributed by atoms with Crippen LogP contribution in [0, 0.1) is 0 Å². The Balaban J connectivity index is 2.75. The quantitative estimate of drug-likeness (QED) is 0.819. The SMILES string of the molecule is COC(=O)[C@H](C)NCc1cc(Cl)ccc1OC(F)F. The number of carbonyl (C=O) groups excluding carboxylic acids is 1. The molecule has 19 heavy (non-hydrogen) atoms. The summed E-state index contributed by atoms with van der Waals surface area (Å²) in [5.74, 6) is -0.428. The standard InChI is InChI=1S/C12H14ClF2NO3/c1-7(11(17)18-2)16-6-8-5-9(13)3-4-10(8)19-12(14)15/h3-5,7,12,16H,6H2,1-2H3/t7-/m0/s1. The molecule has 1 rings (SSSR count). The molecule has 0 saturated heterocycles. The van der Waals surface area contributed by atoms with Gasteiger partial charge in [-0.15, -0.1) is 0 Å². The van der Waals surface area contributed by atoms with Gasteiger partial charge >= 0.3 is 12.6 Å². The fourth-order valence-electron chi connectivity index (χ4n) is 1.42. The zero-order valence-corrected chi connectivity index (χ0v) is 11.2. The summed E-state index contributed by atoms with van der Waals surface area (Å²) in [7, 11) is 1.27. The topological polar surface area (TPSA) is 47.6 Å². The maximum Gasteiger partial charge on any atom is 0.387 e. The zero-order valence-electron chi connectivity index (χ0n) is 10.5. The minimum Gasteiger partial charge on any atom is -0.468 e. The zero-order chi connectivity index (χ0) is 14.4. The number of carbonyl (C=O) groups is 1. The molecule has 0 amide bonds. The molecule has 0 aliphatic heterocycles. The summed E-state index contributed by atoms with van der Waals surface area (Å²) in [5, 5.41) is 3.23. The molecule has 1 aromatic carbocycles. The van der Waals surface area contributed by atoms with Crippen molar-refractivity contribution in [3.63, 3.8) is 0 Å². The Bertz CT molecular complexity index is 443. The minimum absolute atomic E-state index is 0.0176. The second kappa shape index (κ2) is 7.25. The number of hydrogen-bond acceptors (Lipinski definition) is 4. The van der Waals surface area contributed by atoms with Crippen molar-refractivity contribution in [2.45, 2.75) is 26.1 Å². The van der Waals surface area contributed by atoms with E-state index >= 15 is 0 Å². The molecule has 1 aromatic rings. The molecule has 0 unspecified atom stereocenters. The van der Waals surface area contributed by atoms with Crippen LogP contribution in [0.3, 0.4) is 0 Å². The Labute approximate surface area is 114 Å². The largest absolute Gasteiger partial charge is 0.468 e.